The Morgan fingerprint density at radius 2 is 1.88 bits per heavy atom. The highest BCUT2D eigenvalue weighted by Crippen LogP contribution is 2.29. The Morgan fingerprint density at radius 1 is 1.25 bits per heavy atom. The largest absolute Gasteiger partial charge is 0.573 e. The van der Waals surface area contributed by atoms with Gasteiger partial charge in [0.05, 0.1) is 0 Å². The summed E-state index contributed by atoms with van der Waals surface area (Å²) in [5.41, 5.74) is 0.811. The van der Waals surface area contributed by atoms with Crippen molar-refractivity contribution in [3.05, 3.63) is 29.8 Å². The van der Waals surface area contributed by atoms with Gasteiger partial charge in [-0.25, -0.2) is 0 Å². The minimum atomic E-state index is -4.64. The van der Waals surface area contributed by atoms with E-state index in [1.807, 2.05) is 13.8 Å². The van der Waals surface area contributed by atoms with Crippen LogP contribution in [0.2, 0.25) is 0 Å². The molecule has 0 radical (unpaired) electrons. The zero-order valence-corrected chi connectivity index (χ0v) is 10.5. The summed E-state index contributed by atoms with van der Waals surface area (Å²) in [7, 11) is 0. The van der Waals surface area contributed by atoms with Crippen LogP contribution in [0.4, 0.5) is 13.2 Å². The van der Waals surface area contributed by atoms with E-state index >= 15 is 0 Å². The zero-order chi connectivity index (χ0) is 12.3. The first-order valence-electron chi connectivity index (χ1n) is 4.79. The number of rotatable bonds is 3. The van der Waals surface area contributed by atoms with Gasteiger partial charge in [0, 0.05) is 4.83 Å². The van der Waals surface area contributed by atoms with Crippen molar-refractivity contribution in [2.45, 2.75) is 31.0 Å². The fraction of sp³-hybridized carbons (Fsp3) is 0.455. The van der Waals surface area contributed by atoms with Crippen molar-refractivity contribution in [3.8, 4) is 5.75 Å². The predicted octanol–water partition coefficient (Wildman–Crippen LogP) is 4.47. The molecule has 0 aliphatic carbocycles. The molecule has 0 heterocycles. The molecular formula is C11H12BrF3O. The Bertz CT molecular complexity index is 349. The lowest BCUT2D eigenvalue weighted by molar-refractivity contribution is -0.274. The van der Waals surface area contributed by atoms with Crippen molar-refractivity contribution in [1.82, 2.24) is 0 Å². The van der Waals surface area contributed by atoms with Gasteiger partial charge < -0.3 is 4.74 Å². The Balaban J connectivity index is 2.87. The first kappa shape index (κ1) is 13.4. The lowest BCUT2D eigenvalue weighted by Crippen LogP contribution is -2.17. The summed E-state index contributed by atoms with van der Waals surface area (Å²) in [6, 6.07) is 6.05. The summed E-state index contributed by atoms with van der Waals surface area (Å²) in [5.74, 6) is -0.0539. The lowest BCUT2D eigenvalue weighted by Gasteiger charge is -2.16. The van der Waals surface area contributed by atoms with Gasteiger partial charge in [-0.1, -0.05) is 41.9 Å². The smallest absolute Gasteiger partial charge is 0.406 e. The molecule has 1 rings (SSSR count). The molecule has 2 unspecified atom stereocenters. The van der Waals surface area contributed by atoms with Crippen molar-refractivity contribution in [2.24, 2.45) is 0 Å². The summed E-state index contributed by atoms with van der Waals surface area (Å²) in [6.07, 6.45) is -4.64. The van der Waals surface area contributed by atoms with E-state index in [2.05, 4.69) is 20.7 Å². The van der Waals surface area contributed by atoms with Crippen molar-refractivity contribution in [1.29, 1.82) is 0 Å². The van der Waals surface area contributed by atoms with Crippen LogP contribution in [0.25, 0.3) is 0 Å². The fourth-order valence-electron chi connectivity index (χ4n) is 1.26. The van der Waals surface area contributed by atoms with Crippen molar-refractivity contribution >= 4 is 15.9 Å². The molecule has 0 aliphatic rings. The Kier molecular flexibility index (Phi) is 4.24. The van der Waals surface area contributed by atoms with Gasteiger partial charge in [0.2, 0.25) is 0 Å². The topological polar surface area (TPSA) is 9.23 Å². The molecule has 0 amide bonds. The minimum absolute atomic E-state index is 0.122. The molecule has 0 aromatic heterocycles. The van der Waals surface area contributed by atoms with E-state index < -0.39 is 6.36 Å². The summed E-state index contributed by atoms with van der Waals surface area (Å²) in [5, 5.41) is 0. The molecule has 1 aromatic carbocycles. The van der Waals surface area contributed by atoms with E-state index in [0.717, 1.165) is 5.56 Å². The molecule has 2 atom stereocenters. The second-order valence-corrected chi connectivity index (χ2v) is 5.03. The Morgan fingerprint density at radius 3 is 2.38 bits per heavy atom. The van der Waals surface area contributed by atoms with Crippen molar-refractivity contribution in [2.75, 3.05) is 0 Å². The van der Waals surface area contributed by atoms with E-state index in [1.54, 1.807) is 12.1 Å². The van der Waals surface area contributed by atoms with Crippen LogP contribution in [0.3, 0.4) is 0 Å². The number of ether oxygens (including phenoxy) is 1. The van der Waals surface area contributed by atoms with Gasteiger partial charge in [-0.2, -0.15) is 0 Å². The predicted molar refractivity (Wildman–Crippen MR) is 59.9 cm³/mol. The van der Waals surface area contributed by atoms with Crippen LogP contribution < -0.4 is 4.74 Å². The van der Waals surface area contributed by atoms with Crippen LogP contribution in [0.5, 0.6) is 5.75 Å². The monoisotopic (exact) mass is 296 g/mol. The lowest BCUT2D eigenvalue weighted by atomic mass is 9.98. The Labute approximate surface area is 101 Å². The SMILES string of the molecule is CC(Br)C(C)c1cccc(OC(F)(F)F)c1. The third-order valence-electron chi connectivity index (χ3n) is 2.31. The summed E-state index contributed by atoms with van der Waals surface area (Å²) in [6.45, 7) is 3.88. The second-order valence-electron chi connectivity index (χ2n) is 3.59. The van der Waals surface area contributed by atoms with Gasteiger partial charge in [0.25, 0.3) is 0 Å². The van der Waals surface area contributed by atoms with Gasteiger partial charge >= 0.3 is 6.36 Å². The van der Waals surface area contributed by atoms with Crippen molar-refractivity contribution < 1.29 is 17.9 Å². The number of hydrogen-bond acceptors (Lipinski definition) is 1. The highest BCUT2D eigenvalue weighted by molar-refractivity contribution is 9.09. The maximum atomic E-state index is 12.0. The Hall–Kier alpha value is -0.710. The van der Waals surface area contributed by atoms with Crippen molar-refractivity contribution in [3.63, 3.8) is 0 Å². The van der Waals surface area contributed by atoms with Gasteiger partial charge in [0.15, 0.2) is 0 Å². The molecule has 0 N–H and O–H groups in total. The van der Waals surface area contributed by atoms with Gasteiger partial charge in [-0.15, -0.1) is 13.2 Å². The molecule has 16 heavy (non-hydrogen) atoms. The molecule has 5 heteroatoms. The number of alkyl halides is 4. The molecule has 0 saturated heterocycles. The van der Waals surface area contributed by atoms with Gasteiger partial charge in [0.1, 0.15) is 5.75 Å². The molecule has 90 valence electrons. The normalized spacial score (nSPS) is 15.6. The molecule has 0 spiro atoms. The minimum Gasteiger partial charge on any atom is -0.406 e. The first-order valence-corrected chi connectivity index (χ1v) is 5.71. The summed E-state index contributed by atoms with van der Waals surface area (Å²) >= 11 is 3.40. The highest BCUT2D eigenvalue weighted by atomic mass is 79.9. The zero-order valence-electron chi connectivity index (χ0n) is 8.88. The van der Waals surface area contributed by atoms with E-state index in [9.17, 15) is 13.2 Å². The number of hydrogen-bond donors (Lipinski definition) is 0. The average Bonchev–Trinajstić information content (AvgIpc) is 2.14. The quantitative estimate of drug-likeness (QED) is 0.748. The molecule has 0 aliphatic heterocycles. The number of benzene rings is 1. The first-order chi connectivity index (χ1) is 7.29. The average molecular weight is 297 g/mol. The molecule has 1 nitrogen and oxygen atoms in total. The van der Waals surface area contributed by atoms with Gasteiger partial charge in [-0.3, -0.25) is 0 Å². The molecular weight excluding hydrogens is 285 g/mol. The van der Waals surface area contributed by atoms with Crippen LogP contribution in [0, 0.1) is 0 Å². The maximum Gasteiger partial charge on any atom is 0.573 e. The van der Waals surface area contributed by atoms with Crippen LogP contribution in [0.1, 0.15) is 25.3 Å². The van der Waals surface area contributed by atoms with E-state index in [4.69, 9.17) is 0 Å². The van der Waals surface area contributed by atoms with E-state index in [1.165, 1.54) is 12.1 Å². The molecule has 0 bridgehead atoms. The van der Waals surface area contributed by atoms with Crippen LogP contribution in [0.15, 0.2) is 24.3 Å². The third-order valence-corrected chi connectivity index (χ3v) is 3.10. The van der Waals surface area contributed by atoms with E-state index in [-0.39, 0.29) is 16.5 Å². The summed E-state index contributed by atoms with van der Waals surface area (Å²) < 4.78 is 39.9. The molecule has 0 saturated carbocycles. The standard InChI is InChI=1S/C11H12BrF3O/c1-7(8(2)12)9-4-3-5-10(6-9)16-11(13,14)15/h3-8H,1-2H3. The second kappa shape index (κ2) is 5.08. The maximum absolute atomic E-state index is 12.0. The summed E-state index contributed by atoms with van der Waals surface area (Å²) in [4.78, 5) is 0.189. The van der Waals surface area contributed by atoms with Crippen LogP contribution in [-0.4, -0.2) is 11.2 Å². The molecule has 1 aromatic rings. The third kappa shape index (κ3) is 4.04. The van der Waals surface area contributed by atoms with E-state index in [0.29, 0.717) is 0 Å². The fourth-order valence-corrected chi connectivity index (χ4v) is 1.57. The highest BCUT2D eigenvalue weighted by Gasteiger charge is 2.31. The molecule has 0 fully saturated rings. The van der Waals surface area contributed by atoms with Crippen LogP contribution in [-0.2, 0) is 0 Å². The van der Waals surface area contributed by atoms with Crippen LogP contribution >= 0.6 is 15.9 Å². The number of halogens is 4. The van der Waals surface area contributed by atoms with Gasteiger partial charge in [-0.05, 0) is 23.6 Å².